The molecule has 2 aliphatic rings. The molecule has 0 N–H and O–H groups in total. The first kappa shape index (κ1) is 16.2. The van der Waals surface area contributed by atoms with Crippen LogP contribution in [0.4, 0.5) is 0 Å². The highest BCUT2D eigenvalue weighted by Crippen LogP contribution is 2.39. The molecule has 2 amide bonds. The molecule has 0 bridgehead atoms. The van der Waals surface area contributed by atoms with Gasteiger partial charge in [0.2, 0.25) is 0 Å². The summed E-state index contributed by atoms with van der Waals surface area (Å²) in [5.74, 6) is 0.0551. The lowest BCUT2D eigenvalue weighted by Crippen LogP contribution is -2.47. The fourth-order valence-electron chi connectivity index (χ4n) is 3.95. The summed E-state index contributed by atoms with van der Waals surface area (Å²) in [6.07, 6.45) is 7.61. The Hall–Kier alpha value is -2.28. The van der Waals surface area contributed by atoms with E-state index in [1.165, 1.54) is 17.5 Å². The van der Waals surface area contributed by atoms with Gasteiger partial charge in [0, 0.05) is 44.0 Å². The number of thiophene rings is 1. The van der Waals surface area contributed by atoms with Crippen molar-refractivity contribution in [2.75, 3.05) is 26.2 Å². The van der Waals surface area contributed by atoms with E-state index in [2.05, 4.69) is 9.97 Å². The van der Waals surface area contributed by atoms with Gasteiger partial charge in [-0.3, -0.25) is 14.6 Å². The summed E-state index contributed by atoms with van der Waals surface area (Å²) in [6, 6.07) is 3.79. The summed E-state index contributed by atoms with van der Waals surface area (Å²) in [5.41, 5.74) is 0.410. The lowest BCUT2D eigenvalue weighted by Gasteiger charge is -2.40. The number of carbonyl (C=O) groups is 2. The van der Waals surface area contributed by atoms with Gasteiger partial charge in [-0.15, -0.1) is 11.3 Å². The highest BCUT2D eigenvalue weighted by molar-refractivity contribution is 7.12. The van der Waals surface area contributed by atoms with E-state index in [1.807, 2.05) is 27.3 Å². The Balaban J connectivity index is 1.46. The van der Waals surface area contributed by atoms with Crippen molar-refractivity contribution in [2.24, 2.45) is 5.41 Å². The summed E-state index contributed by atoms with van der Waals surface area (Å²) in [5, 5.41) is 1.93. The SMILES string of the molecule is O=C(c1cnccn1)N1CCCC2(CCN(C(=O)c3cccs3)C2)C1. The predicted octanol–water partition coefficient (Wildman–Crippen LogP) is 2.31. The second kappa shape index (κ2) is 6.55. The van der Waals surface area contributed by atoms with Gasteiger partial charge in [0.05, 0.1) is 11.1 Å². The number of hydrogen-bond acceptors (Lipinski definition) is 5. The van der Waals surface area contributed by atoms with Crippen molar-refractivity contribution in [2.45, 2.75) is 19.3 Å². The maximum absolute atomic E-state index is 12.7. The van der Waals surface area contributed by atoms with Crippen LogP contribution in [0, 0.1) is 5.41 Å². The number of likely N-dealkylation sites (tertiary alicyclic amines) is 2. The lowest BCUT2D eigenvalue weighted by molar-refractivity contribution is 0.0511. The summed E-state index contributed by atoms with van der Waals surface area (Å²) < 4.78 is 0. The molecular weight excluding hydrogens is 336 g/mol. The van der Waals surface area contributed by atoms with Gasteiger partial charge in [-0.1, -0.05) is 6.07 Å². The van der Waals surface area contributed by atoms with Crippen molar-refractivity contribution in [1.29, 1.82) is 0 Å². The molecule has 6 nitrogen and oxygen atoms in total. The lowest BCUT2D eigenvalue weighted by atomic mass is 9.79. The highest BCUT2D eigenvalue weighted by Gasteiger charge is 2.44. The van der Waals surface area contributed by atoms with E-state index in [9.17, 15) is 9.59 Å². The molecule has 1 unspecified atom stereocenters. The zero-order valence-corrected chi connectivity index (χ0v) is 14.7. The smallest absolute Gasteiger partial charge is 0.274 e. The molecule has 2 saturated heterocycles. The summed E-state index contributed by atoms with van der Waals surface area (Å²) in [7, 11) is 0. The molecule has 0 saturated carbocycles. The zero-order chi connectivity index (χ0) is 17.3. The second-order valence-electron chi connectivity index (χ2n) is 6.87. The first-order valence-electron chi connectivity index (χ1n) is 8.55. The molecule has 2 aliphatic heterocycles. The van der Waals surface area contributed by atoms with Crippen LogP contribution in [0.1, 0.15) is 39.4 Å². The maximum atomic E-state index is 12.7. The quantitative estimate of drug-likeness (QED) is 0.828. The second-order valence-corrected chi connectivity index (χ2v) is 7.82. The fraction of sp³-hybridized carbons (Fsp3) is 0.444. The minimum Gasteiger partial charge on any atom is -0.337 e. The van der Waals surface area contributed by atoms with Gasteiger partial charge < -0.3 is 9.80 Å². The van der Waals surface area contributed by atoms with Gasteiger partial charge in [-0.2, -0.15) is 0 Å². The number of nitrogens with zero attached hydrogens (tertiary/aromatic N) is 4. The molecule has 25 heavy (non-hydrogen) atoms. The average molecular weight is 356 g/mol. The van der Waals surface area contributed by atoms with E-state index >= 15 is 0 Å². The van der Waals surface area contributed by atoms with Crippen LogP contribution in [0.5, 0.6) is 0 Å². The van der Waals surface area contributed by atoms with Crippen molar-refractivity contribution in [1.82, 2.24) is 19.8 Å². The van der Waals surface area contributed by atoms with E-state index < -0.39 is 0 Å². The fourth-order valence-corrected chi connectivity index (χ4v) is 4.64. The Morgan fingerprint density at radius 3 is 2.64 bits per heavy atom. The van der Waals surface area contributed by atoms with Crippen molar-refractivity contribution in [3.63, 3.8) is 0 Å². The minimum absolute atomic E-state index is 0.0169. The molecule has 1 atom stereocenters. The Labute approximate surface area is 150 Å². The highest BCUT2D eigenvalue weighted by atomic mass is 32.1. The van der Waals surface area contributed by atoms with Crippen LogP contribution in [0.15, 0.2) is 36.1 Å². The van der Waals surface area contributed by atoms with Crippen molar-refractivity contribution in [3.8, 4) is 0 Å². The van der Waals surface area contributed by atoms with Crippen molar-refractivity contribution < 1.29 is 9.59 Å². The first-order chi connectivity index (χ1) is 12.2. The molecule has 0 aromatic carbocycles. The molecule has 1 spiro atoms. The molecule has 2 aromatic rings. The van der Waals surface area contributed by atoms with Crippen LogP contribution in [-0.2, 0) is 0 Å². The predicted molar refractivity (Wildman–Crippen MR) is 94.4 cm³/mol. The third-order valence-corrected chi connectivity index (χ3v) is 6.05. The molecule has 0 radical (unpaired) electrons. The molecule has 4 heterocycles. The van der Waals surface area contributed by atoms with Gasteiger partial charge in [-0.25, -0.2) is 4.98 Å². The number of rotatable bonds is 2. The van der Waals surface area contributed by atoms with Crippen molar-refractivity contribution >= 4 is 23.2 Å². The number of piperidine rings is 1. The number of aromatic nitrogens is 2. The first-order valence-corrected chi connectivity index (χ1v) is 9.43. The molecule has 7 heteroatoms. The number of amides is 2. The molecule has 4 rings (SSSR count). The van der Waals surface area contributed by atoms with Crippen LogP contribution in [0.3, 0.4) is 0 Å². The Morgan fingerprint density at radius 1 is 1.08 bits per heavy atom. The molecular formula is C18H20N4O2S. The third-order valence-electron chi connectivity index (χ3n) is 5.19. The van der Waals surface area contributed by atoms with E-state index in [0.29, 0.717) is 12.2 Å². The Bertz CT molecular complexity index is 765. The number of hydrogen-bond donors (Lipinski definition) is 0. The molecule has 130 valence electrons. The summed E-state index contributed by atoms with van der Waals surface area (Å²) >= 11 is 1.48. The Morgan fingerprint density at radius 2 is 1.92 bits per heavy atom. The van der Waals surface area contributed by atoms with Gasteiger partial charge in [0.15, 0.2) is 0 Å². The van der Waals surface area contributed by atoms with Gasteiger partial charge in [0.1, 0.15) is 5.69 Å². The van der Waals surface area contributed by atoms with Gasteiger partial charge >= 0.3 is 0 Å². The van der Waals surface area contributed by atoms with E-state index in [-0.39, 0.29) is 17.2 Å². The topological polar surface area (TPSA) is 66.4 Å². The number of carbonyl (C=O) groups excluding carboxylic acids is 2. The largest absolute Gasteiger partial charge is 0.337 e. The van der Waals surface area contributed by atoms with Crippen LogP contribution in [-0.4, -0.2) is 57.8 Å². The van der Waals surface area contributed by atoms with E-state index in [4.69, 9.17) is 0 Å². The Kier molecular flexibility index (Phi) is 4.25. The van der Waals surface area contributed by atoms with Crippen LogP contribution < -0.4 is 0 Å². The molecule has 2 fully saturated rings. The normalized spacial score (nSPS) is 23.2. The summed E-state index contributed by atoms with van der Waals surface area (Å²) in [4.78, 5) is 38.0. The summed E-state index contributed by atoms with van der Waals surface area (Å²) in [6.45, 7) is 2.94. The van der Waals surface area contributed by atoms with Gasteiger partial charge in [-0.05, 0) is 30.7 Å². The monoisotopic (exact) mass is 356 g/mol. The third kappa shape index (κ3) is 3.16. The van der Waals surface area contributed by atoms with E-state index in [1.54, 1.807) is 12.4 Å². The van der Waals surface area contributed by atoms with Crippen LogP contribution in [0.25, 0.3) is 0 Å². The molecule has 2 aromatic heterocycles. The van der Waals surface area contributed by atoms with Crippen molar-refractivity contribution in [3.05, 3.63) is 46.7 Å². The minimum atomic E-state index is -0.0600. The standard InChI is InChI=1S/C18H20N4O2S/c23-16(14-11-19-6-7-20-14)21-8-2-4-18(12-21)5-9-22(13-18)17(24)15-3-1-10-25-15/h1,3,6-7,10-11H,2,4-5,8-9,12-13H2. The zero-order valence-electron chi connectivity index (χ0n) is 13.9. The molecule has 0 aliphatic carbocycles. The van der Waals surface area contributed by atoms with E-state index in [0.717, 1.165) is 43.8 Å². The van der Waals surface area contributed by atoms with Crippen LogP contribution in [0.2, 0.25) is 0 Å². The maximum Gasteiger partial charge on any atom is 0.274 e. The van der Waals surface area contributed by atoms with Crippen LogP contribution >= 0.6 is 11.3 Å². The van der Waals surface area contributed by atoms with Gasteiger partial charge in [0.25, 0.3) is 11.8 Å². The average Bonchev–Trinajstić information content (AvgIpc) is 3.32.